The van der Waals surface area contributed by atoms with Crippen LogP contribution in [-0.4, -0.2) is 5.11 Å². The molecule has 1 rings (SSSR count). The van der Waals surface area contributed by atoms with E-state index in [1.54, 1.807) is 0 Å². The number of phenols is 1. The van der Waals surface area contributed by atoms with Gasteiger partial charge in [0.25, 0.3) is 0 Å². The van der Waals surface area contributed by atoms with E-state index in [2.05, 4.69) is 31.9 Å². The van der Waals surface area contributed by atoms with Crippen molar-refractivity contribution in [2.24, 2.45) is 0 Å². The molecule has 0 aliphatic heterocycles. The van der Waals surface area contributed by atoms with Gasteiger partial charge >= 0.3 is 0 Å². The molecule has 1 N–H and O–H groups in total. The van der Waals surface area contributed by atoms with Crippen LogP contribution in [0.25, 0.3) is 0 Å². The Bertz CT molecular complexity index is 227. The predicted molar refractivity (Wildman–Crippen MR) is 57.7 cm³/mol. The van der Waals surface area contributed by atoms with E-state index in [9.17, 15) is 5.11 Å². The van der Waals surface area contributed by atoms with Crippen LogP contribution < -0.4 is 0 Å². The first-order valence-corrected chi connectivity index (χ1v) is 5.19. The Morgan fingerprint density at radius 3 is 1.75 bits per heavy atom. The van der Waals surface area contributed by atoms with Crippen molar-refractivity contribution in [2.45, 2.75) is 20.8 Å². The molecule has 0 fully saturated rings. The molecule has 0 aromatic heterocycles. The Hall–Kier alpha value is -0.0200. The summed E-state index contributed by atoms with van der Waals surface area (Å²) < 4.78 is 1.78. The molecule has 1 aromatic carbocycles. The minimum absolute atomic E-state index is 0.324. The highest BCUT2D eigenvalue weighted by atomic mass is 79.9. The molecule has 3 heteroatoms. The Labute approximate surface area is 89.1 Å². The number of benzene rings is 1. The number of halogens is 2. The van der Waals surface area contributed by atoms with Gasteiger partial charge in [0.2, 0.25) is 0 Å². The second kappa shape index (κ2) is 3.38. The van der Waals surface area contributed by atoms with E-state index in [-0.39, 0.29) is 0 Å². The molecule has 1 nitrogen and oxygen atoms in total. The number of rotatable bonds is 0. The van der Waals surface area contributed by atoms with Crippen LogP contribution in [0.2, 0.25) is 0 Å². The molecule has 0 spiro atoms. The van der Waals surface area contributed by atoms with E-state index in [0.29, 0.717) is 5.75 Å². The van der Waals surface area contributed by atoms with Crippen molar-refractivity contribution in [1.29, 1.82) is 0 Å². The fourth-order valence-corrected chi connectivity index (χ4v) is 2.14. The van der Waals surface area contributed by atoms with Crippen LogP contribution in [0.15, 0.2) is 8.95 Å². The topological polar surface area (TPSA) is 20.2 Å². The lowest BCUT2D eigenvalue weighted by atomic mass is 10.1. The monoisotopic (exact) mass is 292 g/mol. The van der Waals surface area contributed by atoms with Crippen molar-refractivity contribution in [2.75, 3.05) is 0 Å². The second-order valence-corrected chi connectivity index (χ2v) is 4.44. The zero-order chi connectivity index (χ0) is 9.46. The summed E-state index contributed by atoms with van der Waals surface area (Å²) in [5.41, 5.74) is 3.12. The molecule has 0 aliphatic rings. The largest absolute Gasteiger partial charge is 0.506 e. The standard InChI is InChI=1S/C9H10Br2O/c1-4-5(2)8(11)9(12)6(3)7(4)10/h12H,1-3H3. The third-order valence-electron chi connectivity index (χ3n) is 2.11. The van der Waals surface area contributed by atoms with E-state index < -0.39 is 0 Å². The van der Waals surface area contributed by atoms with E-state index in [1.807, 2.05) is 20.8 Å². The van der Waals surface area contributed by atoms with Crippen molar-refractivity contribution >= 4 is 31.9 Å². The molecule has 0 heterocycles. The van der Waals surface area contributed by atoms with Crippen molar-refractivity contribution in [3.63, 3.8) is 0 Å². The molecular weight excluding hydrogens is 284 g/mol. The van der Waals surface area contributed by atoms with Crippen molar-refractivity contribution in [3.8, 4) is 5.75 Å². The Morgan fingerprint density at radius 2 is 1.25 bits per heavy atom. The van der Waals surface area contributed by atoms with Crippen LogP contribution in [0.5, 0.6) is 5.75 Å². The third kappa shape index (κ3) is 1.40. The first-order valence-electron chi connectivity index (χ1n) is 3.60. The third-order valence-corrected chi connectivity index (χ3v) is 4.27. The molecule has 0 amide bonds. The minimum Gasteiger partial charge on any atom is -0.506 e. The molecule has 66 valence electrons. The quantitative estimate of drug-likeness (QED) is 0.770. The Kier molecular flexibility index (Phi) is 2.84. The normalized spacial score (nSPS) is 10.4. The summed E-state index contributed by atoms with van der Waals surface area (Å²) in [6.07, 6.45) is 0. The summed E-state index contributed by atoms with van der Waals surface area (Å²) in [4.78, 5) is 0. The lowest BCUT2D eigenvalue weighted by Gasteiger charge is -2.11. The van der Waals surface area contributed by atoms with Gasteiger partial charge < -0.3 is 5.11 Å². The smallest absolute Gasteiger partial charge is 0.134 e. The highest BCUT2D eigenvalue weighted by Gasteiger charge is 2.12. The van der Waals surface area contributed by atoms with E-state index >= 15 is 0 Å². The zero-order valence-corrected chi connectivity index (χ0v) is 10.4. The van der Waals surface area contributed by atoms with Gasteiger partial charge in [-0.15, -0.1) is 0 Å². The average molecular weight is 294 g/mol. The SMILES string of the molecule is Cc1c(C)c(Br)c(O)c(C)c1Br. The summed E-state index contributed by atoms with van der Waals surface area (Å²) in [5.74, 6) is 0.324. The molecule has 0 unspecified atom stereocenters. The highest BCUT2D eigenvalue weighted by Crippen LogP contribution is 2.38. The van der Waals surface area contributed by atoms with E-state index in [0.717, 1.165) is 25.6 Å². The molecule has 12 heavy (non-hydrogen) atoms. The number of hydrogen-bond donors (Lipinski definition) is 1. The molecule has 0 saturated carbocycles. The van der Waals surface area contributed by atoms with Crippen molar-refractivity contribution in [3.05, 3.63) is 25.6 Å². The number of phenolic OH excluding ortho intramolecular Hbond substituents is 1. The van der Waals surface area contributed by atoms with Gasteiger partial charge in [-0.2, -0.15) is 0 Å². The fourth-order valence-electron chi connectivity index (χ4n) is 1.06. The minimum atomic E-state index is 0.324. The second-order valence-electron chi connectivity index (χ2n) is 2.85. The van der Waals surface area contributed by atoms with Crippen molar-refractivity contribution in [1.82, 2.24) is 0 Å². The number of hydrogen-bond acceptors (Lipinski definition) is 1. The highest BCUT2D eigenvalue weighted by molar-refractivity contribution is 9.11. The average Bonchev–Trinajstić information content (AvgIpc) is 2.08. The molecule has 0 bridgehead atoms. The fraction of sp³-hybridized carbons (Fsp3) is 0.333. The summed E-state index contributed by atoms with van der Waals surface area (Å²) in [7, 11) is 0. The summed E-state index contributed by atoms with van der Waals surface area (Å²) in [6.45, 7) is 5.89. The van der Waals surface area contributed by atoms with Crippen LogP contribution >= 0.6 is 31.9 Å². The van der Waals surface area contributed by atoms with Gasteiger partial charge in [-0.1, -0.05) is 15.9 Å². The van der Waals surface area contributed by atoms with Gasteiger partial charge in [-0.3, -0.25) is 0 Å². The summed E-state index contributed by atoms with van der Waals surface area (Å²) in [5, 5.41) is 9.62. The number of aromatic hydroxyl groups is 1. The van der Waals surface area contributed by atoms with Gasteiger partial charge in [0, 0.05) is 10.0 Å². The van der Waals surface area contributed by atoms with Gasteiger partial charge in [-0.05, 0) is 47.8 Å². The first-order chi connectivity index (χ1) is 5.46. The molecular formula is C9H10Br2O. The lowest BCUT2D eigenvalue weighted by molar-refractivity contribution is 0.466. The molecule has 1 aromatic rings. The zero-order valence-electron chi connectivity index (χ0n) is 7.20. The van der Waals surface area contributed by atoms with E-state index in [1.165, 1.54) is 0 Å². The molecule has 0 radical (unpaired) electrons. The van der Waals surface area contributed by atoms with Gasteiger partial charge in [-0.25, -0.2) is 0 Å². The maximum Gasteiger partial charge on any atom is 0.134 e. The van der Waals surface area contributed by atoms with Crippen LogP contribution in [0.4, 0.5) is 0 Å². The van der Waals surface area contributed by atoms with Crippen LogP contribution in [0.1, 0.15) is 16.7 Å². The molecule has 0 aliphatic carbocycles. The maximum absolute atomic E-state index is 9.62. The predicted octanol–water partition coefficient (Wildman–Crippen LogP) is 3.84. The lowest BCUT2D eigenvalue weighted by Crippen LogP contribution is -1.89. The molecule has 0 atom stereocenters. The van der Waals surface area contributed by atoms with Crippen LogP contribution in [0, 0.1) is 20.8 Å². The van der Waals surface area contributed by atoms with Gasteiger partial charge in [0.15, 0.2) is 0 Å². The van der Waals surface area contributed by atoms with Crippen molar-refractivity contribution < 1.29 is 5.11 Å². The summed E-state index contributed by atoms with van der Waals surface area (Å²) >= 11 is 6.78. The van der Waals surface area contributed by atoms with Crippen LogP contribution in [-0.2, 0) is 0 Å². The van der Waals surface area contributed by atoms with E-state index in [4.69, 9.17) is 0 Å². The first kappa shape index (κ1) is 10.1. The van der Waals surface area contributed by atoms with Gasteiger partial charge in [0.05, 0.1) is 4.47 Å². The Morgan fingerprint density at radius 1 is 0.833 bits per heavy atom. The van der Waals surface area contributed by atoms with Crippen LogP contribution in [0.3, 0.4) is 0 Å². The Balaban J connectivity index is 3.60. The summed E-state index contributed by atoms with van der Waals surface area (Å²) in [6, 6.07) is 0. The molecule has 0 saturated heterocycles. The maximum atomic E-state index is 9.62. The van der Waals surface area contributed by atoms with Gasteiger partial charge in [0.1, 0.15) is 5.75 Å².